The number of amides is 2. The van der Waals surface area contributed by atoms with Gasteiger partial charge in [0, 0.05) is 31.0 Å². The molecule has 0 spiro atoms. The molecule has 0 unspecified atom stereocenters. The van der Waals surface area contributed by atoms with Crippen molar-refractivity contribution in [2.24, 2.45) is 0 Å². The third-order valence-corrected chi connectivity index (χ3v) is 4.38. The van der Waals surface area contributed by atoms with Gasteiger partial charge in [-0.1, -0.05) is 18.2 Å². The van der Waals surface area contributed by atoms with Gasteiger partial charge in [-0.15, -0.1) is 0 Å². The van der Waals surface area contributed by atoms with Crippen molar-refractivity contribution in [3.8, 4) is 5.75 Å². The van der Waals surface area contributed by atoms with Crippen LogP contribution in [-0.2, 0) is 16.1 Å². The van der Waals surface area contributed by atoms with E-state index in [0.717, 1.165) is 10.5 Å². The van der Waals surface area contributed by atoms with Gasteiger partial charge in [-0.2, -0.15) is 0 Å². The van der Waals surface area contributed by atoms with E-state index in [2.05, 4.69) is 5.32 Å². The van der Waals surface area contributed by atoms with Crippen molar-refractivity contribution in [1.82, 2.24) is 0 Å². The Morgan fingerprint density at radius 3 is 2.52 bits per heavy atom. The number of para-hydroxylation sites is 1. The Bertz CT molecular complexity index is 881. The standard InChI is InChI=1S/C19H19N3O5/c1-27-17-6-3-2-5-13(17)12-20-15-10-9-14(11-16(15)22(25)26)21-18(23)7-4-8-19(21)24/h2-3,5-6,9-11,20H,4,7-8,12H2,1H3. The number of nitro groups is 1. The molecule has 1 saturated heterocycles. The number of nitro benzene ring substituents is 1. The minimum absolute atomic E-state index is 0.200. The molecule has 3 rings (SSSR count). The van der Waals surface area contributed by atoms with Crippen LogP contribution in [0.1, 0.15) is 24.8 Å². The third-order valence-electron chi connectivity index (χ3n) is 4.38. The van der Waals surface area contributed by atoms with Gasteiger partial charge >= 0.3 is 0 Å². The van der Waals surface area contributed by atoms with Crippen molar-refractivity contribution in [3.05, 3.63) is 58.1 Å². The van der Waals surface area contributed by atoms with Gasteiger partial charge in [0.05, 0.1) is 17.7 Å². The predicted molar refractivity (Wildman–Crippen MR) is 99.8 cm³/mol. The van der Waals surface area contributed by atoms with Crippen molar-refractivity contribution >= 4 is 28.9 Å². The number of nitrogens with one attached hydrogen (secondary N) is 1. The zero-order valence-electron chi connectivity index (χ0n) is 14.8. The Balaban J connectivity index is 1.87. The maximum Gasteiger partial charge on any atom is 0.294 e. The molecule has 0 atom stereocenters. The highest BCUT2D eigenvalue weighted by Gasteiger charge is 2.29. The minimum Gasteiger partial charge on any atom is -0.496 e. The summed E-state index contributed by atoms with van der Waals surface area (Å²) in [5.41, 5.74) is 1.17. The molecular formula is C19H19N3O5. The Morgan fingerprint density at radius 2 is 1.85 bits per heavy atom. The first-order valence-corrected chi connectivity index (χ1v) is 8.51. The molecule has 2 aromatic rings. The smallest absolute Gasteiger partial charge is 0.294 e. The normalized spacial score (nSPS) is 14.2. The van der Waals surface area contributed by atoms with Crippen LogP contribution in [0.2, 0.25) is 0 Å². The summed E-state index contributed by atoms with van der Waals surface area (Å²) in [5.74, 6) is -0.000610. The average Bonchev–Trinajstić information content (AvgIpc) is 2.66. The monoisotopic (exact) mass is 369 g/mol. The molecule has 1 aliphatic rings. The molecule has 8 nitrogen and oxygen atoms in total. The van der Waals surface area contributed by atoms with Crippen LogP contribution in [0.4, 0.5) is 17.1 Å². The number of hydrogen-bond acceptors (Lipinski definition) is 6. The molecule has 140 valence electrons. The van der Waals surface area contributed by atoms with Crippen molar-refractivity contribution in [2.45, 2.75) is 25.8 Å². The van der Waals surface area contributed by atoms with Gasteiger partial charge in [-0.05, 0) is 24.6 Å². The number of anilines is 2. The van der Waals surface area contributed by atoms with E-state index < -0.39 is 4.92 Å². The van der Waals surface area contributed by atoms with Gasteiger partial charge in [0.25, 0.3) is 5.69 Å². The second-order valence-corrected chi connectivity index (χ2v) is 6.10. The maximum absolute atomic E-state index is 12.1. The predicted octanol–water partition coefficient (Wildman–Crippen LogP) is 3.26. The van der Waals surface area contributed by atoms with Crippen molar-refractivity contribution in [1.29, 1.82) is 0 Å². The topological polar surface area (TPSA) is 102 Å². The van der Waals surface area contributed by atoms with Crippen LogP contribution in [-0.4, -0.2) is 23.8 Å². The van der Waals surface area contributed by atoms with Crippen molar-refractivity contribution < 1.29 is 19.2 Å². The SMILES string of the molecule is COc1ccccc1CNc1ccc(N2C(=O)CCCC2=O)cc1[N+](=O)[O-]. The highest BCUT2D eigenvalue weighted by atomic mass is 16.6. The van der Waals surface area contributed by atoms with Gasteiger partial charge in [0.1, 0.15) is 11.4 Å². The summed E-state index contributed by atoms with van der Waals surface area (Å²) in [6, 6.07) is 11.7. The number of hydrogen-bond donors (Lipinski definition) is 1. The van der Waals surface area contributed by atoms with Gasteiger partial charge in [0.2, 0.25) is 11.8 Å². The van der Waals surface area contributed by atoms with E-state index in [-0.39, 0.29) is 36.0 Å². The van der Waals surface area contributed by atoms with E-state index in [9.17, 15) is 19.7 Å². The number of imide groups is 1. The molecule has 1 fully saturated rings. The van der Waals surface area contributed by atoms with Crippen LogP contribution in [0.25, 0.3) is 0 Å². The van der Waals surface area contributed by atoms with Crippen LogP contribution >= 0.6 is 0 Å². The number of nitrogens with zero attached hydrogens (tertiary/aromatic N) is 2. The number of methoxy groups -OCH3 is 1. The van der Waals surface area contributed by atoms with Crippen LogP contribution in [0.3, 0.4) is 0 Å². The molecule has 1 aliphatic heterocycles. The molecule has 2 amide bonds. The fraction of sp³-hybridized carbons (Fsp3) is 0.263. The van der Waals surface area contributed by atoms with Crippen LogP contribution in [0.5, 0.6) is 5.75 Å². The number of piperidine rings is 1. The van der Waals surface area contributed by atoms with Crippen molar-refractivity contribution in [3.63, 3.8) is 0 Å². The summed E-state index contributed by atoms with van der Waals surface area (Å²) < 4.78 is 5.28. The zero-order chi connectivity index (χ0) is 19.4. The third kappa shape index (κ3) is 3.89. The average molecular weight is 369 g/mol. The molecule has 0 bridgehead atoms. The lowest BCUT2D eigenvalue weighted by atomic mass is 10.1. The molecule has 0 saturated carbocycles. The summed E-state index contributed by atoms with van der Waals surface area (Å²) in [6.45, 7) is 0.325. The second kappa shape index (κ2) is 7.86. The molecule has 0 radical (unpaired) electrons. The van der Waals surface area contributed by atoms with Gasteiger partial charge < -0.3 is 10.1 Å². The largest absolute Gasteiger partial charge is 0.496 e. The minimum atomic E-state index is -0.535. The quantitative estimate of drug-likeness (QED) is 0.476. The van der Waals surface area contributed by atoms with E-state index in [1.54, 1.807) is 13.2 Å². The van der Waals surface area contributed by atoms with E-state index in [1.807, 2.05) is 24.3 Å². The first-order chi connectivity index (χ1) is 13.0. The first kappa shape index (κ1) is 18.4. The lowest BCUT2D eigenvalue weighted by Gasteiger charge is -2.25. The molecular weight excluding hydrogens is 350 g/mol. The highest BCUT2D eigenvalue weighted by Crippen LogP contribution is 2.32. The fourth-order valence-electron chi connectivity index (χ4n) is 3.04. The molecule has 1 N–H and O–H groups in total. The first-order valence-electron chi connectivity index (χ1n) is 8.51. The highest BCUT2D eigenvalue weighted by molar-refractivity contribution is 6.16. The lowest BCUT2D eigenvalue weighted by Crippen LogP contribution is -2.40. The van der Waals surface area contributed by atoms with Crippen LogP contribution in [0.15, 0.2) is 42.5 Å². The summed E-state index contributed by atoms with van der Waals surface area (Å²) in [4.78, 5) is 36.1. The van der Waals surface area contributed by atoms with E-state index >= 15 is 0 Å². The molecule has 27 heavy (non-hydrogen) atoms. The van der Waals surface area contributed by atoms with Crippen LogP contribution < -0.4 is 15.0 Å². The second-order valence-electron chi connectivity index (χ2n) is 6.10. The zero-order valence-corrected chi connectivity index (χ0v) is 14.8. The van der Waals surface area contributed by atoms with Gasteiger partial charge in [0.15, 0.2) is 0 Å². The number of benzene rings is 2. The van der Waals surface area contributed by atoms with Crippen molar-refractivity contribution in [2.75, 3.05) is 17.3 Å². The Labute approximate surface area is 155 Å². The maximum atomic E-state index is 12.1. The lowest BCUT2D eigenvalue weighted by molar-refractivity contribution is -0.383. The summed E-state index contributed by atoms with van der Waals surface area (Å²) in [7, 11) is 1.56. The Hall–Kier alpha value is -3.42. The number of rotatable bonds is 6. The number of ether oxygens (including phenoxy) is 1. The van der Waals surface area contributed by atoms with Gasteiger partial charge in [-0.25, -0.2) is 0 Å². The summed E-state index contributed by atoms with van der Waals surface area (Å²) in [6.07, 6.45) is 1.02. The van der Waals surface area contributed by atoms with E-state index in [4.69, 9.17) is 4.74 Å². The van der Waals surface area contributed by atoms with E-state index in [1.165, 1.54) is 12.1 Å². The summed E-state index contributed by atoms with van der Waals surface area (Å²) in [5, 5.41) is 14.5. The molecule has 0 aromatic heterocycles. The number of carbonyl (C=O) groups excluding carboxylic acids is 2. The Morgan fingerprint density at radius 1 is 1.15 bits per heavy atom. The summed E-state index contributed by atoms with van der Waals surface area (Å²) >= 11 is 0. The molecule has 8 heteroatoms. The fourth-order valence-corrected chi connectivity index (χ4v) is 3.04. The molecule has 1 heterocycles. The number of carbonyl (C=O) groups is 2. The van der Waals surface area contributed by atoms with Gasteiger partial charge in [-0.3, -0.25) is 24.6 Å². The molecule has 2 aromatic carbocycles. The Kier molecular flexibility index (Phi) is 5.35. The molecule has 0 aliphatic carbocycles. The van der Waals surface area contributed by atoms with E-state index in [0.29, 0.717) is 24.4 Å². The van der Waals surface area contributed by atoms with Crippen LogP contribution in [0, 0.1) is 10.1 Å².